The van der Waals surface area contributed by atoms with E-state index in [2.05, 4.69) is 42.4 Å². The van der Waals surface area contributed by atoms with Crippen LogP contribution in [0.15, 0.2) is 35.0 Å². The molecule has 0 bridgehead atoms. The maximum absolute atomic E-state index is 5.32. The van der Waals surface area contributed by atoms with Crippen molar-refractivity contribution in [1.82, 2.24) is 10.1 Å². The summed E-state index contributed by atoms with van der Waals surface area (Å²) in [6.07, 6.45) is 5.19. The van der Waals surface area contributed by atoms with Crippen molar-refractivity contribution in [2.45, 2.75) is 25.3 Å². The molecular weight excluding hydrogens is 224 g/mol. The van der Waals surface area contributed by atoms with Crippen LogP contribution >= 0.6 is 0 Å². The lowest BCUT2D eigenvalue weighted by molar-refractivity contribution is 0.268. The summed E-state index contributed by atoms with van der Waals surface area (Å²) >= 11 is 0. The minimum absolute atomic E-state index is 0.626. The van der Waals surface area contributed by atoms with Gasteiger partial charge in [0.15, 0.2) is 5.76 Å². The Labute approximate surface area is 107 Å². The number of hydrogen-bond donors (Lipinski definition) is 0. The lowest BCUT2D eigenvalue weighted by atomic mass is 9.84. The van der Waals surface area contributed by atoms with E-state index >= 15 is 0 Å². The van der Waals surface area contributed by atoms with E-state index in [1.165, 1.54) is 23.1 Å². The van der Waals surface area contributed by atoms with Crippen LogP contribution in [-0.4, -0.2) is 30.2 Å². The second-order valence-corrected chi connectivity index (χ2v) is 5.18. The first kappa shape index (κ1) is 11.5. The molecule has 0 fully saturated rings. The molecule has 1 aromatic carbocycles. The normalized spacial score (nSPS) is 18.9. The fourth-order valence-corrected chi connectivity index (χ4v) is 2.80. The van der Waals surface area contributed by atoms with Crippen molar-refractivity contribution in [1.29, 1.82) is 0 Å². The van der Waals surface area contributed by atoms with Crippen LogP contribution in [0.2, 0.25) is 0 Å². The van der Waals surface area contributed by atoms with Gasteiger partial charge in [0.05, 0.1) is 6.20 Å². The minimum Gasteiger partial charge on any atom is -0.356 e. The lowest BCUT2D eigenvalue weighted by Crippen LogP contribution is -2.33. The average Bonchev–Trinajstić information content (AvgIpc) is 2.91. The third kappa shape index (κ3) is 1.95. The van der Waals surface area contributed by atoms with Gasteiger partial charge >= 0.3 is 0 Å². The molecule has 0 saturated heterocycles. The Bertz CT molecular complexity index is 531. The van der Waals surface area contributed by atoms with Gasteiger partial charge in [-0.05, 0) is 44.5 Å². The van der Waals surface area contributed by atoms with Gasteiger partial charge in [0, 0.05) is 17.7 Å². The number of hydrogen-bond acceptors (Lipinski definition) is 3. The summed E-state index contributed by atoms with van der Waals surface area (Å²) < 4.78 is 5.32. The maximum atomic E-state index is 5.32. The Morgan fingerprint density at radius 2 is 2.17 bits per heavy atom. The van der Waals surface area contributed by atoms with Crippen LogP contribution in [0.1, 0.15) is 17.5 Å². The molecular formula is C15H18N2O. The Balaban J connectivity index is 2.03. The molecule has 0 saturated carbocycles. The van der Waals surface area contributed by atoms with Crippen LogP contribution in [0.25, 0.3) is 11.3 Å². The zero-order valence-corrected chi connectivity index (χ0v) is 10.9. The van der Waals surface area contributed by atoms with Crippen molar-refractivity contribution in [3.8, 4) is 11.3 Å². The van der Waals surface area contributed by atoms with Crippen molar-refractivity contribution < 1.29 is 4.52 Å². The van der Waals surface area contributed by atoms with Crippen LogP contribution in [0.3, 0.4) is 0 Å². The fraction of sp³-hybridized carbons (Fsp3) is 0.400. The Kier molecular flexibility index (Phi) is 2.92. The second-order valence-electron chi connectivity index (χ2n) is 5.18. The lowest BCUT2D eigenvalue weighted by Gasteiger charge is -2.30. The van der Waals surface area contributed by atoms with E-state index in [4.69, 9.17) is 4.52 Å². The molecule has 0 N–H and O–H groups in total. The van der Waals surface area contributed by atoms with Crippen molar-refractivity contribution in [2.24, 2.45) is 0 Å². The number of likely N-dealkylation sites (N-methyl/N-ethyl adjacent to an activating group) is 1. The number of benzene rings is 1. The summed E-state index contributed by atoms with van der Waals surface area (Å²) in [4.78, 5) is 2.32. The molecule has 18 heavy (non-hydrogen) atoms. The molecule has 1 aromatic heterocycles. The van der Waals surface area contributed by atoms with Crippen LogP contribution in [0, 0.1) is 0 Å². The molecule has 0 radical (unpaired) electrons. The zero-order chi connectivity index (χ0) is 12.5. The number of aryl methyl sites for hydroxylation is 1. The third-order valence-electron chi connectivity index (χ3n) is 3.89. The second kappa shape index (κ2) is 4.58. The van der Waals surface area contributed by atoms with Gasteiger partial charge in [-0.2, -0.15) is 0 Å². The summed E-state index contributed by atoms with van der Waals surface area (Å²) in [5.74, 6) is 0.881. The van der Waals surface area contributed by atoms with Gasteiger partial charge in [-0.25, -0.2) is 0 Å². The summed E-state index contributed by atoms with van der Waals surface area (Å²) in [5.41, 5.74) is 4.10. The van der Waals surface area contributed by atoms with Crippen LogP contribution in [0.4, 0.5) is 0 Å². The highest BCUT2D eigenvalue weighted by atomic mass is 16.5. The SMILES string of the molecule is CN(C)C1CCc2cccc(-c3ccno3)c2C1. The van der Waals surface area contributed by atoms with Gasteiger partial charge in [0.2, 0.25) is 0 Å². The predicted octanol–water partition coefficient (Wildman–Crippen LogP) is 2.76. The first-order valence-electron chi connectivity index (χ1n) is 6.44. The van der Waals surface area contributed by atoms with E-state index in [9.17, 15) is 0 Å². The summed E-state index contributed by atoms with van der Waals surface area (Å²) in [7, 11) is 4.32. The van der Waals surface area contributed by atoms with Crippen molar-refractivity contribution >= 4 is 0 Å². The molecule has 1 heterocycles. The van der Waals surface area contributed by atoms with E-state index in [1.807, 2.05) is 6.07 Å². The standard InChI is InChI=1S/C15H18N2O/c1-17(2)12-7-6-11-4-3-5-13(14(11)10-12)15-8-9-16-18-15/h3-5,8-9,12H,6-7,10H2,1-2H3. The predicted molar refractivity (Wildman–Crippen MR) is 71.4 cm³/mol. The number of rotatable bonds is 2. The van der Waals surface area contributed by atoms with Gasteiger partial charge in [0.1, 0.15) is 0 Å². The van der Waals surface area contributed by atoms with E-state index < -0.39 is 0 Å². The summed E-state index contributed by atoms with van der Waals surface area (Å²) in [5, 5.41) is 3.82. The minimum atomic E-state index is 0.626. The van der Waals surface area contributed by atoms with E-state index in [0.717, 1.165) is 18.6 Å². The van der Waals surface area contributed by atoms with Crippen molar-refractivity contribution in [3.63, 3.8) is 0 Å². The first-order chi connectivity index (χ1) is 8.75. The van der Waals surface area contributed by atoms with E-state index in [1.54, 1.807) is 6.20 Å². The molecule has 1 aliphatic rings. The largest absolute Gasteiger partial charge is 0.356 e. The molecule has 2 aromatic rings. The van der Waals surface area contributed by atoms with E-state index in [0.29, 0.717) is 6.04 Å². The molecule has 0 aliphatic heterocycles. The van der Waals surface area contributed by atoms with Gasteiger partial charge in [-0.3, -0.25) is 0 Å². The number of aromatic nitrogens is 1. The van der Waals surface area contributed by atoms with Gasteiger partial charge in [0.25, 0.3) is 0 Å². The molecule has 1 aliphatic carbocycles. The average molecular weight is 242 g/mol. The monoisotopic (exact) mass is 242 g/mol. The summed E-state index contributed by atoms with van der Waals surface area (Å²) in [6, 6.07) is 9.06. The smallest absolute Gasteiger partial charge is 0.167 e. The highest BCUT2D eigenvalue weighted by molar-refractivity contribution is 5.64. The topological polar surface area (TPSA) is 29.3 Å². The Hall–Kier alpha value is -1.61. The van der Waals surface area contributed by atoms with Crippen LogP contribution in [-0.2, 0) is 12.8 Å². The molecule has 1 atom stereocenters. The van der Waals surface area contributed by atoms with E-state index in [-0.39, 0.29) is 0 Å². The number of fused-ring (bicyclic) bond motifs is 1. The molecule has 0 spiro atoms. The van der Waals surface area contributed by atoms with Crippen molar-refractivity contribution in [2.75, 3.05) is 14.1 Å². The molecule has 3 nitrogen and oxygen atoms in total. The number of nitrogens with zero attached hydrogens (tertiary/aromatic N) is 2. The Morgan fingerprint density at radius 1 is 1.28 bits per heavy atom. The highest BCUT2D eigenvalue weighted by Crippen LogP contribution is 2.32. The third-order valence-corrected chi connectivity index (χ3v) is 3.89. The fourth-order valence-electron chi connectivity index (χ4n) is 2.80. The quantitative estimate of drug-likeness (QED) is 0.811. The molecule has 3 rings (SSSR count). The van der Waals surface area contributed by atoms with Crippen molar-refractivity contribution in [3.05, 3.63) is 41.6 Å². The van der Waals surface area contributed by atoms with Crippen LogP contribution < -0.4 is 0 Å². The summed E-state index contributed by atoms with van der Waals surface area (Å²) in [6.45, 7) is 0. The van der Waals surface area contributed by atoms with Gasteiger partial charge < -0.3 is 9.42 Å². The van der Waals surface area contributed by atoms with Gasteiger partial charge in [-0.15, -0.1) is 0 Å². The molecule has 94 valence electrons. The molecule has 0 amide bonds. The highest BCUT2D eigenvalue weighted by Gasteiger charge is 2.23. The maximum Gasteiger partial charge on any atom is 0.167 e. The molecule has 1 unspecified atom stereocenters. The zero-order valence-electron chi connectivity index (χ0n) is 10.9. The molecule has 3 heteroatoms. The first-order valence-corrected chi connectivity index (χ1v) is 6.44. The van der Waals surface area contributed by atoms with Crippen LogP contribution in [0.5, 0.6) is 0 Å². The Morgan fingerprint density at radius 3 is 2.89 bits per heavy atom. The van der Waals surface area contributed by atoms with Gasteiger partial charge in [-0.1, -0.05) is 23.4 Å².